The minimum absolute atomic E-state index is 0.0369. The van der Waals surface area contributed by atoms with E-state index in [0.717, 1.165) is 34.8 Å². The number of piperidine rings is 1. The monoisotopic (exact) mass is 532 g/mol. The summed E-state index contributed by atoms with van der Waals surface area (Å²) < 4.78 is 93.4. The molecule has 1 N–H and O–H groups in total. The van der Waals surface area contributed by atoms with Crippen LogP contribution < -0.4 is 10.2 Å². The van der Waals surface area contributed by atoms with Gasteiger partial charge in [0.25, 0.3) is 0 Å². The van der Waals surface area contributed by atoms with Crippen molar-refractivity contribution in [3.8, 4) is 0 Å². The van der Waals surface area contributed by atoms with Gasteiger partial charge in [0.15, 0.2) is 5.82 Å². The average molecular weight is 533 g/mol. The van der Waals surface area contributed by atoms with Crippen LogP contribution in [0.3, 0.4) is 0 Å². The van der Waals surface area contributed by atoms with E-state index >= 15 is 0 Å². The molecular weight excluding hydrogens is 507 g/mol. The number of anilines is 1. The molecule has 2 fully saturated rings. The Hall–Kier alpha value is -2.80. The fourth-order valence-corrected chi connectivity index (χ4v) is 6.24. The molecule has 2 aromatic rings. The van der Waals surface area contributed by atoms with Gasteiger partial charge < -0.3 is 10.2 Å². The number of amides is 1. The lowest BCUT2D eigenvalue weighted by Crippen LogP contribution is -2.45. The van der Waals surface area contributed by atoms with Gasteiger partial charge in [-0.2, -0.15) is 17.5 Å². The molecule has 1 aromatic heterocycles. The number of hydrogen-bond acceptors (Lipinski definition) is 5. The third kappa shape index (κ3) is 5.61. The molecule has 13 heteroatoms. The number of hydrogen-bond donors (Lipinski definition) is 1. The van der Waals surface area contributed by atoms with E-state index in [1.807, 2.05) is 0 Å². The van der Waals surface area contributed by atoms with E-state index in [-0.39, 0.29) is 55.3 Å². The smallest absolute Gasteiger partial charge is 0.369 e. The molecule has 36 heavy (non-hydrogen) atoms. The highest BCUT2D eigenvalue weighted by Crippen LogP contribution is 2.36. The van der Waals surface area contributed by atoms with Crippen molar-refractivity contribution in [3.63, 3.8) is 0 Å². The third-order valence-electron chi connectivity index (χ3n) is 6.56. The number of carbonyl (C=O) groups excluding carboxylic acids is 1. The van der Waals surface area contributed by atoms with Crippen LogP contribution in [-0.2, 0) is 21.4 Å². The summed E-state index contributed by atoms with van der Waals surface area (Å²) in [7, 11) is -4.02. The summed E-state index contributed by atoms with van der Waals surface area (Å²) in [6.45, 7) is 0.0844. The lowest BCUT2D eigenvalue weighted by atomic mass is 9.96. The van der Waals surface area contributed by atoms with Crippen LogP contribution in [0, 0.1) is 17.6 Å². The van der Waals surface area contributed by atoms with Crippen LogP contribution in [0.1, 0.15) is 31.4 Å². The minimum Gasteiger partial charge on any atom is -0.369 e. The number of aromatic nitrogens is 1. The number of halogens is 5. The molecule has 2 saturated heterocycles. The van der Waals surface area contributed by atoms with Gasteiger partial charge in [-0.1, -0.05) is 0 Å². The van der Waals surface area contributed by atoms with Crippen molar-refractivity contribution in [2.24, 2.45) is 5.92 Å². The molecule has 1 amide bonds. The molecule has 4 rings (SSSR count). The van der Waals surface area contributed by atoms with Gasteiger partial charge in [0, 0.05) is 19.6 Å². The van der Waals surface area contributed by atoms with Gasteiger partial charge in [-0.05, 0) is 56.0 Å². The van der Waals surface area contributed by atoms with Crippen LogP contribution in [0.2, 0.25) is 0 Å². The second-order valence-electron chi connectivity index (χ2n) is 8.88. The largest absolute Gasteiger partial charge is 0.391 e. The topological polar surface area (TPSA) is 82.6 Å². The van der Waals surface area contributed by atoms with Gasteiger partial charge in [0.1, 0.15) is 11.9 Å². The number of pyridine rings is 1. The normalized spacial score (nSPS) is 20.0. The van der Waals surface area contributed by atoms with Gasteiger partial charge in [-0.15, -0.1) is 0 Å². The Bertz CT molecular complexity index is 1200. The van der Waals surface area contributed by atoms with Crippen molar-refractivity contribution in [1.82, 2.24) is 14.6 Å². The molecule has 2 aliphatic heterocycles. The number of carbonyl (C=O) groups is 1. The summed E-state index contributed by atoms with van der Waals surface area (Å²) in [6, 6.07) is 4.74. The van der Waals surface area contributed by atoms with Crippen molar-refractivity contribution < 1.29 is 35.2 Å². The van der Waals surface area contributed by atoms with Crippen LogP contribution >= 0.6 is 0 Å². The molecule has 196 valence electrons. The first-order chi connectivity index (χ1) is 17.0. The Morgan fingerprint density at radius 3 is 2.36 bits per heavy atom. The molecule has 1 aromatic carbocycles. The Morgan fingerprint density at radius 2 is 1.72 bits per heavy atom. The minimum atomic E-state index is -4.28. The Balaban J connectivity index is 1.41. The highest BCUT2D eigenvalue weighted by atomic mass is 32.2. The molecular formula is C23H25F5N4O3S. The molecule has 0 saturated carbocycles. The zero-order valence-corrected chi connectivity index (χ0v) is 20.0. The molecule has 0 aliphatic carbocycles. The van der Waals surface area contributed by atoms with Gasteiger partial charge >= 0.3 is 6.18 Å². The van der Waals surface area contributed by atoms with Crippen LogP contribution in [0.15, 0.2) is 41.4 Å². The highest BCUT2D eigenvalue weighted by Gasteiger charge is 2.42. The summed E-state index contributed by atoms with van der Waals surface area (Å²) in [5.74, 6) is -3.24. The van der Waals surface area contributed by atoms with Crippen LogP contribution in [0.25, 0.3) is 0 Å². The molecule has 7 nitrogen and oxygen atoms in total. The fraction of sp³-hybridized carbons (Fsp3) is 0.478. The molecule has 1 atom stereocenters. The van der Waals surface area contributed by atoms with Gasteiger partial charge in [0.05, 0.1) is 34.9 Å². The van der Waals surface area contributed by atoms with E-state index in [1.165, 1.54) is 11.0 Å². The van der Waals surface area contributed by atoms with E-state index < -0.39 is 45.7 Å². The highest BCUT2D eigenvalue weighted by molar-refractivity contribution is 7.89. The maximum Gasteiger partial charge on any atom is 0.391 e. The number of sulfonamides is 1. The van der Waals surface area contributed by atoms with E-state index in [9.17, 15) is 35.2 Å². The summed E-state index contributed by atoms with van der Waals surface area (Å²) in [5, 5.41) is 2.62. The van der Waals surface area contributed by atoms with E-state index in [4.69, 9.17) is 0 Å². The van der Waals surface area contributed by atoms with Crippen molar-refractivity contribution in [2.75, 3.05) is 24.5 Å². The van der Waals surface area contributed by atoms with Gasteiger partial charge in [-0.25, -0.2) is 17.2 Å². The van der Waals surface area contributed by atoms with Crippen molar-refractivity contribution in [1.29, 1.82) is 0 Å². The zero-order chi connectivity index (χ0) is 26.1. The standard InChI is InChI=1S/C23H25F5N4O3S/c24-16-3-5-18(6-4-16)36(34,35)32-9-1-2-20(32)22(33)30-13-17-12-21(19(25)14-29-17)31-10-7-15(8-11-31)23(26,27)28/h3-6,12,14-15,20H,1-2,7-11,13H2,(H,30,33)/t20-/m0/s1. The predicted octanol–water partition coefficient (Wildman–Crippen LogP) is 3.61. The Morgan fingerprint density at radius 1 is 1.06 bits per heavy atom. The summed E-state index contributed by atoms with van der Waals surface area (Å²) in [5.41, 5.74) is 0.389. The lowest BCUT2D eigenvalue weighted by molar-refractivity contribution is -0.179. The second kappa shape index (κ2) is 10.3. The van der Waals surface area contributed by atoms with Crippen molar-refractivity contribution >= 4 is 21.6 Å². The summed E-state index contributed by atoms with van der Waals surface area (Å²) in [6.07, 6.45) is -2.85. The first-order valence-corrected chi connectivity index (χ1v) is 12.9. The number of nitrogens with one attached hydrogen (secondary N) is 1. The maximum absolute atomic E-state index is 14.4. The summed E-state index contributed by atoms with van der Waals surface area (Å²) >= 11 is 0. The molecule has 0 unspecified atom stereocenters. The van der Waals surface area contributed by atoms with Crippen LogP contribution in [0.5, 0.6) is 0 Å². The van der Waals surface area contributed by atoms with E-state index in [0.29, 0.717) is 12.8 Å². The van der Waals surface area contributed by atoms with Crippen molar-refractivity contribution in [2.45, 2.75) is 49.3 Å². The molecule has 0 spiro atoms. The number of rotatable bonds is 6. The molecule has 2 aliphatic rings. The molecule has 0 bridgehead atoms. The first-order valence-electron chi connectivity index (χ1n) is 11.5. The lowest BCUT2D eigenvalue weighted by Gasteiger charge is -2.34. The van der Waals surface area contributed by atoms with Gasteiger partial charge in [-0.3, -0.25) is 9.78 Å². The average Bonchev–Trinajstić information content (AvgIpc) is 3.34. The first kappa shape index (κ1) is 26.3. The van der Waals surface area contributed by atoms with Crippen LogP contribution in [-0.4, -0.2) is 55.5 Å². The Labute approximate surface area is 205 Å². The predicted molar refractivity (Wildman–Crippen MR) is 120 cm³/mol. The second-order valence-corrected chi connectivity index (χ2v) is 10.8. The summed E-state index contributed by atoms with van der Waals surface area (Å²) in [4.78, 5) is 18.2. The maximum atomic E-state index is 14.4. The zero-order valence-electron chi connectivity index (χ0n) is 19.1. The van der Waals surface area contributed by atoms with E-state index in [2.05, 4.69) is 10.3 Å². The van der Waals surface area contributed by atoms with Gasteiger partial charge in [0.2, 0.25) is 15.9 Å². The Kier molecular flexibility index (Phi) is 7.51. The quantitative estimate of drug-likeness (QED) is 0.575. The van der Waals surface area contributed by atoms with Crippen molar-refractivity contribution in [3.05, 3.63) is 53.9 Å². The number of alkyl halides is 3. The SMILES string of the molecule is O=C(NCc1cc(N2CCC(C(F)(F)F)CC2)c(F)cn1)[C@@H]1CCCN1S(=O)(=O)c1ccc(F)cc1. The van der Waals surface area contributed by atoms with E-state index in [1.54, 1.807) is 0 Å². The molecule has 0 radical (unpaired) electrons. The van der Waals surface area contributed by atoms with Crippen LogP contribution in [0.4, 0.5) is 27.6 Å². The fourth-order valence-electron chi connectivity index (χ4n) is 4.58. The third-order valence-corrected chi connectivity index (χ3v) is 8.48. The number of benzene rings is 1. The molecule has 3 heterocycles. The number of nitrogens with zero attached hydrogens (tertiary/aromatic N) is 3.